The Morgan fingerprint density at radius 3 is 1.06 bits per heavy atom. The molecule has 5 amide bonds. The summed E-state index contributed by atoms with van der Waals surface area (Å²) in [6.45, 7) is 0.415. The van der Waals surface area contributed by atoms with Crippen LogP contribution >= 0.6 is 0 Å². The minimum absolute atomic E-state index is 0.562. The van der Waals surface area contributed by atoms with Crippen LogP contribution in [0.4, 0.5) is 0 Å². The van der Waals surface area contributed by atoms with E-state index >= 15 is 0 Å². The molecule has 0 rings (SSSR count). The lowest BCUT2D eigenvalue weighted by atomic mass is 10.0. The number of aliphatic hydroxyl groups is 1. The zero-order valence-corrected chi connectivity index (χ0v) is 25.7. The zero-order chi connectivity index (χ0) is 37.1. The summed E-state index contributed by atoms with van der Waals surface area (Å²) >= 11 is 0. The van der Waals surface area contributed by atoms with Crippen molar-refractivity contribution in [1.82, 2.24) is 26.6 Å². The molecule has 22 nitrogen and oxygen atoms in total. The normalized spacial score (nSPS) is 14.4. The van der Waals surface area contributed by atoms with Crippen LogP contribution in [0.1, 0.15) is 58.3 Å². The smallest absolute Gasteiger partial charge is 0.326 e. The van der Waals surface area contributed by atoms with E-state index in [9.17, 15) is 53.1 Å². The second-order valence-corrected chi connectivity index (χ2v) is 10.3. The topological polar surface area (TPSA) is 378 Å². The number of nitrogens with two attached hydrogens (primary N) is 1. The molecule has 0 aromatic rings. The van der Waals surface area contributed by atoms with E-state index in [0.29, 0.717) is 0 Å². The van der Waals surface area contributed by atoms with Crippen LogP contribution < -0.4 is 32.3 Å². The molecule has 0 spiro atoms. The van der Waals surface area contributed by atoms with Crippen molar-refractivity contribution in [2.24, 2.45) is 5.73 Å². The van der Waals surface area contributed by atoms with E-state index in [4.69, 9.17) is 31.3 Å². The molecule has 0 heterocycles. The van der Waals surface area contributed by atoms with Gasteiger partial charge in [0, 0.05) is 25.7 Å². The fourth-order valence-electron chi connectivity index (χ4n) is 3.72. The Morgan fingerprint density at radius 1 is 0.479 bits per heavy atom. The molecule has 22 heteroatoms. The first-order valence-corrected chi connectivity index (χ1v) is 14.3. The van der Waals surface area contributed by atoms with Crippen molar-refractivity contribution in [1.29, 1.82) is 0 Å². The molecule has 0 aromatic carbocycles. The molecule has 270 valence electrons. The van der Waals surface area contributed by atoms with Crippen molar-refractivity contribution in [2.45, 2.75) is 94.5 Å². The number of rotatable bonds is 24. The summed E-state index contributed by atoms with van der Waals surface area (Å²) in [5.74, 6) is -12.9. The largest absolute Gasteiger partial charge is 0.481 e. The standard InChI is InChI=1S/C26H40N6O16/c1-11(28-22(43)12(27)10-33)21(42)29-13(2-6-17(34)35)23(44)30-14(3-7-18(36)37)24(45)31-15(4-8-19(38)39)25(46)32-16(26(47)48)5-9-20(40)41/h11-16,33H,2-10,27H2,1H3,(H,28,43)(H,29,42)(H,30,44)(H,31,45)(H,32,46)(H,34,35)(H,36,37)(H,38,39)(H,40,41)(H,47,48)/t11-,12-,13-,14-,15-,16-/m0/s1. The Labute approximate surface area is 271 Å². The Hall–Kier alpha value is -5.38. The summed E-state index contributed by atoms with van der Waals surface area (Å²) in [7, 11) is 0. The van der Waals surface area contributed by atoms with E-state index in [1.165, 1.54) is 6.92 Å². The number of hydrogen-bond acceptors (Lipinski definition) is 12. The summed E-state index contributed by atoms with van der Waals surface area (Å²) in [5, 5.41) is 65.0. The first-order chi connectivity index (χ1) is 22.3. The van der Waals surface area contributed by atoms with Gasteiger partial charge in [-0.05, 0) is 32.6 Å². The molecular weight excluding hydrogens is 652 g/mol. The number of carbonyl (C=O) groups excluding carboxylic acids is 5. The fourth-order valence-corrected chi connectivity index (χ4v) is 3.72. The van der Waals surface area contributed by atoms with E-state index in [1.54, 1.807) is 0 Å². The highest BCUT2D eigenvalue weighted by atomic mass is 16.4. The maximum Gasteiger partial charge on any atom is 0.326 e. The number of hydrogen-bond donors (Lipinski definition) is 12. The maximum atomic E-state index is 13.2. The third-order valence-corrected chi connectivity index (χ3v) is 6.39. The molecule has 0 fully saturated rings. The van der Waals surface area contributed by atoms with Gasteiger partial charge in [0.05, 0.1) is 6.61 Å². The fraction of sp³-hybridized carbons (Fsp3) is 0.615. The van der Waals surface area contributed by atoms with Crippen molar-refractivity contribution in [3.8, 4) is 0 Å². The average Bonchev–Trinajstić information content (AvgIpc) is 2.99. The predicted molar refractivity (Wildman–Crippen MR) is 156 cm³/mol. The van der Waals surface area contributed by atoms with Crippen molar-refractivity contribution in [3.63, 3.8) is 0 Å². The Kier molecular flexibility index (Phi) is 19.0. The van der Waals surface area contributed by atoms with Crippen molar-refractivity contribution < 1.29 is 78.6 Å². The third kappa shape index (κ3) is 17.4. The summed E-state index contributed by atoms with van der Waals surface area (Å²) in [6.07, 6.45) is -5.25. The minimum atomic E-state index is -1.79. The van der Waals surface area contributed by atoms with Gasteiger partial charge in [-0.1, -0.05) is 0 Å². The molecule has 0 saturated heterocycles. The van der Waals surface area contributed by atoms with Crippen LogP contribution in [-0.4, -0.2) is 133 Å². The Bertz CT molecular complexity index is 1230. The van der Waals surface area contributed by atoms with Crippen molar-refractivity contribution in [2.75, 3.05) is 6.61 Å². The maximum absolute atomic E-state index is 13.2. The predicted octanol–water partition coefficient (Wildman–Crippen LogP) is -4.71. The number of carboxylic acid groups (broad SMARTS) is 5. The van der Waals surface area contributed by atoms with Crippen LogP contribution in [0.5, 0.6) is 0 Å². The van der Waals surface area contributed by atoms with E-state index in [-0.39, 0.29) is 0 Å². The van der Waals surface area contributed by atoms with E-state index < -0.39 is 154 Å². The highest BCUT2D eigenvalue weighted by Gasteiger charge is 2.33. The molecule has 0 bridgehead atoms. The SMILES string of the molecule is C[C@H](NC(=O)[C@@H](N)CO)C(=O)N[C@@H](CCC(=O)O)C(=O)N[C@@H](CCC(=O)O)C(=O)N[C@@H](CCC(=O)O)C(=O)N[C@@H](CCC(=O)O)C(=O)O. The summed E-state index contributed by atoms with van der Waals surface area (Å²) in [4.78, 5) is 120. The van der Waals surface area contributed by atoms with Gasteiger partial charge in [0.1, 0.15) is 36.3 Å². The van der Waals surface area contributed by atoms with Gasteiger partial charge in [0.25, 0.3) is 0 Å². The molecule has 0 aromatic heterocycles. The van der Waals surface area contributed by atoms with Crippen LogP contribution in [0, 0.1) is 0 Å². The van der Waals surface area contributed by atoms with Crippen molar-refractivity contribution in [3.05, 3.63) is 0 Å². The number of nitrogens with one attached hydrogen (secondary N) is 5. The molecule has 6 atom stereocenters. The third-order valence-electron chi connectivity index (χ3n) is 6.39. The molecular formula is C26H40N6O16. The van der Waals surface area contributed by atoms with Crippen LogP contribution in [-0.2, 0) is 47.9 Å². The van der Waals surface area contributed by atoms with Gasteiger partial charge in [-0.3, -0.25) is 43.2 Å². The summed E-state index contributed by atoms with van der Waals surface area (Å²) in [6, 6.07) is -9.76. The first kappa shape index (κ1) is 42.6. The Balaban J connectivity index is 6.12. The minimum Gasteiger partial charge on any atom is -0.481 e. The lowest BCUT2D eigenvalue weighted by molar-refractivity contribution is -0.144. The number of aliphatic carboxylic acids is 5. The van der Waals surface area contributed by atoms with E-state index in [0.717, 1.165) is 0 Å². The van der Waals surface area contributed by atoms with E-state index in [1.807, 2.05) is 5.32 Å². The van der Waals surface area contributed by atoms with Gasteiger partial charge in [-0.2, -0.15) is 0 Å². The van der Waals surface area contributed by atoms with Gasteiger partial charge in [0.2, 0.25) is 29.5 Å². The van der Waals surface area contributed by atoms with Crippen LogP contribution in [0.3, 0.4) is 0 Å². The highest BCUT2D eigenvalue weighted by molar-refractivity contribution is 5.96. The number of carbonyl (C=O) groups is 10. The average molecular weight is 693 g/mol. The lowest BCUT2D eigenvalue weighted by Gasteiger charge is -2.26. The van der Waals surface area contributed by atoms with Crippen LogP contribution in [0.2, 0.25) is 0 Å². The highest BCUT2D eigenvalue weighted by Crippen LogP contribution is 2.07. The monoisotopic (exact) mass is 692 g/mol. The summed E-state index contributed by atoms with van der Waals surface area (Å²) in [5.41, 5.74) is 5.37. The molecule has 0 radical (unpaired) electrons. The Morgan fingerprint density at radius 2 is 0.771 bits per heavy atom. The first-order valence-electron chi connectivity index (χ1n) is 14.3. The number of amides is 5. The zero-order valence-electron chi connectivity index (χ0n) is 25.7. The van der Waals surface area contributed by atoms with Crippen LogP contribution in [0.15, 0.2) is 0 Å². The quantitative estimate of drug-likeness (QED) is 0.0452. The molecule has 0 aliphatic heterocycles. The number of aliphatic hydroxyl groups excluding tert-OH is 1. The molecule has 13 N–H and O–H groups in total. The molecule has 0 saturated carbocycles. The molecule has 0 aliphatic rings. The molecule has 48 heavy (non-hydrogen) atoms. The second-order valence-electron chi connectivity index (χ2n) is 10.3. The lowest BCUT2D eigenvalue weighted by Crippen LogP contribution is -2.59. The molecule has 0 aliphatic carbocycles. The molecule has 0 unspecified atom stereocenters. The van der Waals surface area contributed by atoms with Gasteiger partial charge < -0.3 is 63.0 Å². The summed E-state index contributed by atoms with van der Waals surface area (Å²) < 4.78 is 0. The van der Waals surface area contributed by atoms with Gasteiger partial charge in [-0.15, -0.1) is 0 Å². The van der Waals surface area contributed by atoms with Gasteiger partial charge in [0.15, 0.2) is 0 Å². The van der Waals surface area contributed by atoms with Gasteiger partial charge >= 0.3 is 29.8 Å². The van der Waals surface area contributed by atoms with Gasteiger partial charge in [-0.25, -0.2) is 4.79 Å². The van der Waals surface area contributed by atoms with E-state index in [2.05, 4.69) is 21.3 Å². The van der Waals surface area contributed by atoms with Crippen molar-refractivity contribution >= 4 is 59.4 Å². The number of carboxylic acids is 5. The van der Waals surface area contributed by atoms with Crippen LogP contribution in [0.25, 0.3) is 0 Å². The second kappa shape index (κ2) is 21.4.